The Morgan fingerprint density at radius 3 is 2.58 bits per heavy atom. The minimum absolute atomic E-state index is 0.454. The van der Waals surface area contributed by atoms with Gasteiger partial charge in [0.25, 0.3) is 0 Å². The first-order valence-corrected chi connectivity index (χ1v) is 4.80. The van der Waals surface area contributed by atoms with Gasteiger partial charge in [-0.15, -0.1) is 0 Å². The molecule has 1 saturated heterocycles. The van der Waals surface area contributed by atoms with Crippen molar-refractivity contribution in [3.63, 3.8) is 0 Å². The van der Waals surface area contributed by atoms with E-state index in [1.54, 1.807) is 0 Å². The van der Waals surface area contributed by atoms with Gasteiger partial charge in [-0.05, 0) is 31.2 Å². The Labute approximate surface area is 73.9 Å². The molecule has 2 aliphatic rings. The van der Waals surface area contributed by atoms with Crippen molar-refractivity contribution in [2.75, 3.05) is 13.1 Å². The molecular weight excluding hydrogens is 148 g/mol. The van der Waals surface area contributed by atoms with Gasteiger partial charge in [0.15, 0.2) is 0 Å². The number of rotatable bonds is 1. The molecule has 0 radical (unpaired) electrons. The molecular formula is C10H16N2. The first-order valence-electron chi connectivity index (χ1n) is 4.80. The van der Waals surface area contributed by atoms with Gasteiger partial charge in [-0.3, -0.25) is 4.90 Å². The van der Waals surface area contributed by atoms with E-state index in [1.165, 1.54) is 32.4 Å². The van der Waals surface area contributed by atoms with Crippen LogP contribution in [0.15, 0.2) is 24.4 Å². The quantitative estimate of drug-likeness (QED) is 0.631. The van der Waals surface area contributed by atoms with Gasteiger partial charge in [-0.25, -0.2) is 0 Å². The third-order valence-corrected chi connectivity index (χ3v) is 2.55. The predicted octanol–water partition coefficient (Wildman–Crippen LogP) is 1.47. The first-order chi connectivity index (χ1) is 5.97. The largest absolute Gasteiger partial charge is 0.372 e. The van der Waals surface area contributed by atoms with Crippen LogP contribution in [0.3, 0.4) is 0 Å². The second-order valence-electron chi connectivity index (χ2n) is 3.45. The molecule has 1 atom stereocenters. The highest BCUT2D eigenvalue weighted by atomic mass is 15.3. The van der Waals surface area contributed by atoms with Crippen LogP contribution in [0.4, 0.5) is 0 Å². The molecule has 0 spiro atoms. The Hall–Kier alpha value is -0.760. The van der Waals surface area contributed by atoms with Gasteiger partial charge in [0.05, 0.1) is 6.17 Å². The maximum atomic E-state index is 3.35. The van der Waals surface area contributed by atoms with Crippen molar-refractivity contribution in [2.24, 2.45) is 0 Å². The van der Waals surface area contributed by atoms with Gasteiger partial charge < -0.3 is 5.32 Å². The Bertz CT molecular complexity index is 190. The van der Waals surface area contributed by atoms with Crippen LogP contribution < -0.4 is 5.32 Å². The van der Waals surface area contributed by atoms with Crippen molar-refractivity contribution in [1.29, 1.82) is 0 Å². The van der Waals surface area contributed by atoms with Gasteiger partial charge in [-0.2, -0.15) is 0 Å². The summed E-state index contributed by atoms with van der Waals surface area (Å²) >= 11 is 0. The van der Waals surface area contributed by atoms with Gasteiger partial charge in [0, 0.05) is 13.1 Å². The van der Waals surface area contributed by atoms with Crippen molar-refractivity contribution in [1.82, 2.24) is 10.2 Å². The lowest BCUT2D eigenvalue weighted by Gasteiger charge is -2.33. The minimum atomic E-state index is 0.454. The van der Waals surface area contributed by atoms with Crippen molar-refractivity contribution >= 4 is 0 Å². The Kier molecular flexibility index (Phi) is 2.47. The lowest BCUT2D eigenvalue weighted by atomic mass is 10.1. The number of dihydropyridines is 1. The highest BCUT2D eigenvalue weighted by Gasteiger charge is 2.17. The van der Waals surface area contributed by atoms with Crippen LogP contribution in [0, 0.1) is 0 Å². The zero-order valence-electron chi connectivity index (χ0n) is 7.37. The molecule has 0 aliphatic carbocycles. The van der Waals surface area contributed by atoms with Crippen molar-refractivity contribution in [2.45, 2.75) is 25.4 Å². The highest BCUT2D eigenvalue weighted by molar-refractivity contribution is 5.11. The summed E-state index contributed by atoms with van der Waals surface area (Å²) < 4.78 is 0. The molecule has 1 unspecified atom stereocenters. The number of piperidine rings is 1. The molecule has 2 aliphatic heterocycles. The molecule has 0 amide bonds. The fourth-order valence-corrected chi connectivity index (χ4v) is 1.86. The summed E-state index contributed by atoms with van der Waals surface area (Å²) in [7, 11) is 0. The fourth-order valence-electron chi connectivity index (χ4n) is 1.86. The molecule has 0 aromatic rings. The first kappa shape index (κ1) is 7.87. The van der Waals surface area contributed by atoms with E-state index in [2.05, 4.69) is 22.4 Å². The maximum Gasteiger partial charge on any atom is 0.0984 e. The van der Waals surface area contributed by atoms with Crippen LogP contribution in [-0.2, 0) is 0 Å². The average Bonchev–Trinajstić information content (AvgIpc) is 2.21. The standard InChI is InChI=1S/C10H16N2/c1-4-8-12(9-5-1)10-6-2-3-7-11-10/h2-3,6-7,10-11H,1,4-5,8-9H2. The molecule has 0 bridgehead atoms. The second kappa shape index (κ2) is 3.76. The van der Waals surface area contributed by atoms with E-state index in [1.807, 2.05) is 12.3 Å². The van der Waals surface area contributed by atoms with Crippen LogP contribution in [-0.4, -0.2) is 24.2 Å². The summed E-state index contributed by atoms with van der Waals surface area (Å²) in [6.45, 7) is 2.49. The van der Waals surface area contributed by atoms with Gasteiger partial charge in [0.2, 0.25) is 0 Å². The van der Waals surface area contributed by atoms with E-state index in [4.69, 9.17) is 0 Å². The molecule has 66 valence electrons. The van der Waals surface area contributed by atoms with Crippen LogP contribution in [0.1, 0.15) is 19.3 Å². The highest BCUT2D eigenvalue weighted by Crippen LogP contribution is 2.12. The Morgan fingerprint density at radius 2 is 1.92 bits per heavy atom. The zero-order chi connectivity index (χ0) is 8.23. The van der Waals surface area contributed by atoms with E-state index in [0.717, 1.165) is 0 Å². The van der Waals surface area contributed by atoms with Gasteiger partial charge in [0.1, 0.15) is 0 Å². The maximum absolute atomic E-state index is 3.35. The Morgan fingerprint density at radius 1 is 1.08 bits per heavy atom. The lowest BCUT2D eigenvalue weighted by molar-refractivity contribution is 0.176. The molecule has 0 aromatic carbocycles. The van der Waals surface area contributed by atoms with E-state index in [0.29, 0.717) is 6.17 Å². The molecule has 0 aromatic heterocycles. The normalized spacial score (nSPS) is 30.2. The molecule has 2 nitrogen and oxygen atoms in total. The third-order valence-electron chi connectivity index (χ3n) is 2.55. The zero-order valence-corrected chi connectivity index (χ0v) is 7.37. The van der Waals surface area contributed by atoms with Crippen molar-refractivity contribution in [3.05, 3.63) is 24.4 Å². The number of nitrogens with one attached hydrogen (secondary N) is 1. The molecule has 0 saturated carbocycles. The third kappa shape index (κ3) is 1.69. The average molecular weight is 164 g/mol. The summed E-state index contributed by atoms with van der Waals surface area (Å²) in [6.07, 6.45) is 13.0. The van der Waals surface area contributed by atoms with Gasteiger partial charge >= 0.3 is 0 Å². The van der Waals surface area contributed by atoms with Crippen LogP contribution in [0.2, 0.25) is 0 Å². The van der Waals surface area contributed by atoms with E-state index in [9.17, 15) is 0 Å². The fraction of sp³-hybridized carbons (Fsp3) is 0.600. The molecule has 2 heteroatoms. The number of hydrogen-bond donors (Lipinski definition) is 1. The molecule has 12 heavy (non-hydrogen) atoms. The smallest absolute Gasteiger partial charge is 0.0984 e. The number of likely N-dealkylation sites (tertiary alicyclic amines) is 1. The van der Waals surface area contributed by atoms with Crippen LogP contribution in [0.25, 0.3) is 0 Å². The summed E-state index contributed by atoms with van der Waals surface area (Å²) in [4.78, 5) is 2.50. The van der Waals surface area contributed by atoms with Crippen molar-refractivity contribution in [3.8, 4) is 0 Å². The van der Waals surface area contributed by atoms with E-state index < -0.39 is 0 Å². The summed E-state index contributed by atoms with van der Waals surface area (Å²) in [5.41, 5.74) is 0. The summed E-state index contributed by atoms with van der Waals surface area (Å²) in [6, 6.07) is 0. The topological polar surface area (TPSA) is 15.3 Å². The Balaban J connectivity index is 1.90. The van der Waals surface area contributed by atoms with Crippen LogP contribution in [0.5, 0.6) is 0 Å². The van der Waals surface area contributed by atoms with E-state index >= 15 is 0 Å². The predicted molar refractivity (Wildman–Crippen MR) is 50.6 cm³/mol. The molecule has 2 rings (SSSR count). The van der Waals surface area contributed by atoms with Crippen molar-refractivity contribution < 1.29 is 0 Å². The number of hydrogen-bond acceptors (Lipinski definition) is 2. The summed E-state index contributed by atoms with van der Waals surface area (Å²) in [5.74, 6) is 0. The monoisotopic (exact) mass is 164 g/mol. The molecule has 1 fully saturated rings. The molecule has 1 N–H and O–H groups in total. The minimum Gasteiger partial charge on any atom is -0.372 e. The number of nitrogens with zero attached hydrogens (tertiary/aromatic N) is 1. The number of allylic oxidation sites excluding steroid dienone is 2. The van der Waals surface area contributed by atoms with E-state index in [-0.39, 0.29) is 0 Å². The van der Waals surface area contributed by atoms with Gasteiger partial charge in [-0.1, -0.05) is 12.5 Å². The SMILES string of the molecule is C1=CNC(N2CCCCC2)C=C1. The van der Waals surface area contributed by atoms with Crippen LogP contribution >= 0.6 is 0 Å². The molecule has 2 heterocycles. The summed E-state index contributed by atoms with van der Waals surface area (Å²) in [5, 5.41) is 3.35. The second-order valence-corrected chi connectivity index (χ2v) is 3.45. The lowest BCUT2D eigenvalue weighted by Crippen LogP contribution is -2.45.